The van der Waals surface area contributed by atoms with Crippen LogP contribution in [0, 0.1) is 5.82 Å². The molecule has 2 aromatic rings. The van der Waals surface area contributed by atoms with Crippen LogP contribution in [0.5, 0.6) is 0 Å². The van der Waals surface area contributed by atoms with Gasteiger partial charge in [-0.3, -0.25) is 9.88 Å². The maximum atomic E-state index is 13.3. The van der Waals surface area contributed by atoms with Crippen molar-refractivity contribution in [3.63, 3.8) is 0 Å². The molecule has 1 aromatic heterocycles. The van der Waals surface area contributed by atoms with Crippen molar-refractivity contribution in [2.45, 2.75) is 19.0 Å². The number of methoxy groups -OCH3 is 1. The van der Waals surface area contributed by atoms with Gasteiger partial charge in [0.1, 0.15) is 11.6 Å². The summed E-state index contributed by atoms with van der Waals surface area (Å²) in [6.45, 7) is 2.54. The first kappa shape index (κ1) is 18.0. The number of nitrogens with one attached hydrogen (secondary N) is 1. The topological polar surface area (TPSA) is 67.3 Å². The lowest BCUT2D eigenvalue weighted by atomic mass is 10.2. The number of aromatic nitrogens is 2. The Morgan fingerprint density at radius 2 is 2.31 bits per heavy atom. The number of hydrogen-bond acceptors (Lipinski definition) is 6. The average molecular weight is 356 g/mol. The number of hydrogen-bond donors (Lipinski definition) is 1. The van der Waals surface area contributed by atoms with Crippen LogP contribution in [0.3, 0.4) is 0 Å². The second-order valence-electron chi connectivity index (χ2n) is 6.18. The van der Waals surface area contributed by atoms with Gasteiger partial charge >= 0.3 is 5.97 Å². The van der Waals surface area contributed by atoms with E-state index in [4.69, 9.17) is 0 Å². The molecule has 0 amide bonds. The fourth-order valence-corrected chi connectivity index (χ4v) is 2.92. The van der Waals surface area contributed by atoms with Gasteiger partial charge in [-0.15, -0.1) is 0 Å². The molecule has 0 aliphatic carbocycles. The Labute approximate surface area is 151 Å². The minimum Gasteiger partial charge on any atom is -0.466 e. The number of nitrogens with zero attached hydrogens (tertiary/aromatic N) is 3. The van der Waals surface area contributed by atoms with Crippen LogP contribution in [0.2, 0.25) is 0 Å². The zero-order chi connectivity index (χ0) is 18.4. The van der Waals surface area contributed by atoms with E-state index in [0.29, 0.717) is 11.5 Å². The third kappa shape index (κ3) is 5.10. The van der Waals surface area contributed by atoms with E-state index in [1.165, 1.54) is 19.3 Å². The van der Waals surface area contributed by atoms with Crippen LogP contribution in [0.15, 0.2) is 42.7 Å². The van der Waals surface area contributed by atoms with Gasteiger partial charge in [0.15, 0.2) is 0 Å². The second kappa shape index (κ2) is 8.53. The van der Waals surface area contributed by atoms with E-state index in [1.54, 1.807) is 30.6 Å². The normalized spacial score (nSPS) is 17.5. The Balaban J connectivity index is 1.50. The van der Waals surface area contributed by atoms with Crippen molar-refractivity contribution in [1.82, 2.24) is 14.9 Å². The number of carbonyl (C=O) groups is 1. The van der Waals surface area contributed by atoms with Crippen molar-refractivity contribution in [2.24, 2.45) is 0 Å². The zero-order valence-electron chi connectivity index (χ0n) is 14.6. The number of carbonyl (C=O) groups excluding carboxylic acids is 1. The largest absolute Gasteiger partial charge is 0.466 e. The molecule has 0 unspecified atom stereocenters. The molecule has 1 saturated heterocycles. The lowest BCUT2D eigenvalue weighted by Crippen LogP contribution is -2.26. The van der Waals surface area contributed by atoms with Crippen molar-refractivity contribution >= 4 is 17.9 Å². The molecule has 3 rings (SSSR count). The number of esters is 1. The number of benzene rings is 1. The highest BCUT2D eigenvalue weighted by Crippen LogP contribution is 2.17. The highest BCUT2D eigenvalue weighted by atomic mass is 19.1. The molecule has 0 spiro atoms. The van der Waals surface area contributed by atoms with Gasteiger partial charge in [0, 0.05) is 31.8 Å². The molecule has 0 saturated carbocycles. The van der Waals surface area contributed by atoms with Gasteiger partial charge in [0.25, 0.3) is 0 Å². The Morgan fingerprint density at radius 3 is 3.04 bits per heavy atom. The van der Waals surface area contributed by atoms with Crippen molar-refractivity contribution in [3.05, 3.63) is 59.8 Å². The minimum absolute atomic E-state index is 0.201. The summed E-state index contributed by atoms with van der Waals surface area (Å²) in [4.78, 5) is 21.9. The first-order chi connectivity index (χ1) is 12.6. The predicted octanol–water partition coefficient (Wildman–Crippen LogP) is 2.49. The lowest BCUT2D eigenvalue weighted by Gasteiger charge is -2.17. The summed E-state index contributed by atoms with van der Waals surface area (Å²) in [5.41, 5.74) is 1.56. The summed E-state index contributed by atoms with van der Waals surface area (Å²) in [6.07, 6.45) is 7.09. The second-order valence-corrected chi connectivity index (χ2v) is 6.18. The van der Waals surface area contributed by atoms with Crippen LogP contribution in [-0.2, 0) is 16.1 Å². The van der Waals surface area contributed by atoms with E-state index in [9.17, 15) is 9.18 Å². The van der Waals surface area contributed by atoms with E-state index in [2.05, 4.69) is 24.9 Å². The van der Waals surface area contributed by atoms with Crippen LogP contribution in [-0.4, -0.2) is 47.1 Å². The van der Waals surface area contributed by atoms with Crippen LogP contribution in [0.1, 0.15) is 17.7 Å². The van der Waals surface area contributed by atoms with E-state index >= 15 is 0 Å². The van der Waals surface area contributed by atoms with Gasteiger partial charge in [-0.25, -0.2) is 14.2 Å². The van der Waals surface area contributed by atoms with Crippen LogP contribution in [0.25, 0.3) is 6.08 Å². The van der Waals surface area contributed by atoms with Crippen LogP contribution in [0.4, 0.5) is 10.2 Å². The van der Waals surface area contributed by atoms with Crippen molar-refractivity contribution < 1.29 is 13.9 Å². The number of ether oxygens (including phenoxy) is 1. The first-order valence-corrected chi connectivity index (χ1v) is 8.44. The number of rotatable bonds is 6. The molecular weight excluding hydrogens is 335 g/mol. The fourth-order valence-electron chi connectivity index (χ4n) is 2.92. The van der Waals surface area contributed by atoms with Gasteiger partial charge < -0.3 is 10.1 Å². The molecule has 26 heavy (non-hydrogen) atoms. The van der Waals surface area contributed by atoms with Crippen LogP contribution < -0.4 is 5.32 Å². The number of halogens is 1. The highest BCUT2D eigenvalue weighted by molar-refractivity contribution is 5.86. The van der Waals surface area contributed by atoms with Gasteiger partial charge in [0.2, 0.25) is 0 Å². The Morgan fingerprint density at radius 1 is 1.42 bits per heavy atom. The molecule has 1 aliphatic rings. The summed E-state index contributed by atoms with van der Waals surface area (Å²) in [7, 11) is 1.32. The lowest BCUT2D eigenvalue weighted by molar-refractivity contribution is -0.134. The van der Waals surface area contributed by atoms with E-state index in [1.807, 2.05) is 6.07 Å². The molecular formula is C19H21FN4O2. The summed E-state index contributed by atoms with van der Waals surface area (Å²) in [5, 5.41) is 3.37. The standard InChI is InChI=1S/C19H21FN4O2/c1-26-19(25)6-5-16-10-22-18(11-21-16)23-17-7-8-24(13-17)12-14-3-2-4-15(20)9-14/h2-6,9-11,17H,7-8,12-13H2,1H3,(H,22,23)/t17-/m1/s1. The Hall–Kier alpha value is -2.80. The van der Waals surface area contributed by atoms with Gasteiger partial charge in [-0.1, -0.05) is 12.1 Å². The molecule has 1 aliphatic heterocycles. The molecule has 0 bridgehead atoms. The van der Waals surface area contributed by atoms with Crippen LogP contribution >= 0.6 is 0 Å². The number of anilines is 1. The fraction of sp³-hybridized carbons (Fsp3) is 0.316. The minimum atomic E-state index is -0.432. The molecule has 1 aromatic carbocycles. The molecule has 136 valence electrons. The zero-order valence-corrected chi connectivity index (χ0v) is 14.6. The predicted molar refractivity (Wildman–Crippen MR) is 96.8 cm³/mol. The summed E-state index contributed by atoms with van der Waals surface area (Å²) in [6, 6.07) is 6.99. The molecule has 7 heteroatoms. The van der Waals surface area contributed by atoms with Crippen molar-refractivity contribution in [2.75, 3.05) is 25.5 Å². The molecule has 6 nitrogen and oxygen atoms in total. The van der Waals surface area contributed by atoms with Crippen molar-refractivity contribution in [3.8, 4) is 0 Å². The smallest absolute Gasteiger partial charge is 0.330 e. The average Bonchev–Trinajstić information content (AvgIpc) is 3.07. The monoisotopic (exact) mass is 356 g/mol. The van der Waals surface area contributed by atoms with Gasteiger partial charge in [0.05, 0.1) is 25.2 Å². The third-order valence-electron chi connectivity index (χ3n) is 4.18. The highest BCUT2D eigenvalue weighted by Gasteiger charge is 2.22. The maximum Gasteiger partial charge on any atom is 0.330 e. The summed E-state index contributed by atoms with van der Waals surface area (Å²) >= 11 is 0. The van der Waals surface area contributed by atoms with Crippen molar-refractivity contribution in [1.29, 1.82) is 0 Å². The quantitative estimate of drug-likeness (QED) is 0.634. The maximum absolute atomic E-state index is 13.3. The van der Waals surface area contributed by atoms with E-state index < -0.39 is 5.97 Å². The molecule has 0 radical (unpaired) electrons. The Kier molecular flexibility index (Phi) is 5.91. The molecule has 1 N–H and O–H groups in total. The SMILES string of the molecule is COC(=O)C=Cc1cnc(N[C@@H]2CCN(Cc3cccc(F)c3)C2)cn1. The Bertz CT molecular complexity index is 779. The molecule has 1 fully saturated rings. The van der Waals surface area contributed by atoms with Gasteiger partial charge in [-0.2, -0.15) is 0 Å². The number of likely N-dealkylation sites (tertiary alicyclic amines) is 1. The first-order valence-electron chi connectivity index (χ1n) is 8.44. The van der Waals surface area contributed by atoms with E-state index in [0.717, 1.165) is 31.6 Å². The third-order valence-corrected chi connectivity index (χ3v) is 4.18. The van der Waals surface area contributed by atoms with Gasteiger partial charge in [-0.05, 0) is 30.2 Å². The summed E-state index contributed by atoms with van der Waals surface area (Å²) < 4.78 is 17.8. The molecule has 1 atom stereocenters. The van der Waals surface area contributed by atoms with E-state index in [-0.39, 0.29) is 11.9 Å². The summed E-state index contributed by atoms with van der Waals surface area (Å²) in [5.74, 6) is 0.0594. The molecule has 2 heterocycles.